The van der Waals surface area contributed by atoms with E-state index in [1.165, 1.54) is 30.5 Å². The van der Waals surface area contributed by atoms with Crippen LogP contribution in [0.25, 0.3) is 17.2 Å². The van der Waals surface area contributed by atoms with Crippen LogP contribution in [0.1, 0.15) is 43.9 Å². The van der Waals surface area contributed by atoms with E-state index < -0.39 is 23.1 Å². The first kappa shape index (κ1) is 21.8. The fourth-order valence-electron chi connectivity index (χ4n) is 3.50. The van der Waals surface area contributed by atoms with Gasteiger partial charge in [-0.15, -0.1) is 0 Å². The summed E-state index contributed by atoms with van der Waals surface area (Å²) in [6.45, 7) is 3.27. The van der Waals surface area contributed by atoms with Crippen LogP contribution >= 0.6 is 0 Å². The van der Waals surface area contributed by atoms with Crippen molar-refractivity contribution in [2.45, 2.75) is 44.8 Å². The van der Waals surface area contributed by atoms with Gasteiger partial charge in [0, 0.05) is 41.6 Å². The third-order valence-electron chi connectivity index (χ3n) is 5.08. The van der Waals surface area contributed by atoms with Crippen LogP contribution in [0.4, 0.5) is 14.5 Å². The van der Waals surface area contributed by atoms with Crippen molar-refractivity contribution >= 4 is 17.7 Å². The van der Waals surface area contributed by atoms with E-state index in [9.17, 15) is 18.7 Å². The van der Waals surface area contributed by atoms with Crippen molar-refractivity contribution in [3.8, 4) is 11.1 Å². The normalized spacial score (nSPS) is 14.2. The van der Waals surface area contributed by atoms with Crippen LogP contribution in [-0.2, 0) is 11.2 Å². The zero-order valence-corrected chi connectivity index (χ0v) is 17.8. The molecule has 166 valence electrons. The highest BCUT2D eigenvalue weighted by molar-refractivity contribution is 6.02. The standard InChI is InChI=1S/C24H24F2N4O2/c1-24(2,32)10-15-3-7-21(19(25)9-15)29-22(31)8-4-16-11-27-13-20(26)23(16)17-12-28-30(14-17)18-5-6-18/h3-4,7-9,11-14,18,32H,5-6,10H2,1-2H3,(H,29,31)/b8-4+. The number of pyridine rings is 1. The van der Waals surface area contributed by atoms with Crippen LogP contribution in [0.5, 0.6) is 0 Å². The van der Waals surface area contributed by atoms with Gasteiger partial charge in [0.15, 0.2) is 0 Å². The van der Waals surface area contributed by atoms with Gasteiger partial charge in [0.05, 0.1) is 29.7 Å². The Morgan fingerprint density at radius 1 is 1.25 bits per heavy atom. The number of aliphatic hydroxyl groups is 1. The minimum atomic E-state index is -0.966. The molecule has 0 radical (unpaired) electrons. The van der Waals surface area contributed by atoms with Crippen molar-refractivity contribution in [3.05, 3.63) is 71.8 Å². The Labute approximate surface area is 184 Å². The molecule has 0 aliphatic heterocycles. The fraction of sp³-hybridized carbons (Fsp3) is 0.292. The Balaban J connectivity index is 1.50. The molecule has 4 rings (SSSR count). The SMILES string of the molecule is CC(C)(O)Cc1ccc(NC(=O)/C=C/c2cncc(F)c2-c2cnn(C3CC3)c2)c(F)c1. The zero-order valence-electron chi connectivity index (χ0n) is 17.8. The summed E-state index contributed by atoms with van der Waals surface area (Å²) < 4.78 is 30.7. The van der Waals surface area contributed by atoms with Gasteiger partial charge in [0.25, 0.3) is 0 Å². The molecule has 32 heavy (non-hydrogen) atoms. The Morgan fingerprint density at radius 3 is 2.72 bits per heavy atom. The quantitative estimate of drug-likeness (QED) is 0.532. The topological polar surface area (TPSA) is 80.0 Å². The lowest BCUT2D eigenvalue weighted by atomic mass is 9.98. The van der Waals surface area contributed by atoms with E-state index in [1.54, 1.807) is 32.3 Å². The Bertz CT molecular complexity index is 1180. The number of hydrogen-bond acceptors (Lipinski definition) is 4. The molecule has 3 aromatic rings. The van der Waals surface area contributed by atoms with E-state index in [0.29, 0.717) is 28.3 Å². The largest absolute Gasteiger partial charge is 0.390 e. The molecule has 0 spiro atoms. The second-order valence-electron chi connectivity index (χ2n) is 8.65. The van der Waals surface area contributed by atoms with Gasteiger partial charge in [0.2, 0.25) is 5.91 Å². The molecule has 6 nitrogen and oxygen atoms in total. The maximum absolute atomic E-state index is 14.5. The van der Waals surface area contributed by atoms with Gasteiger partial charge in [-0.2, -0.15) is 5.10 Å². The lowest BCUT2D eigenvalue weighted by Crippen LogP contribution is -2.22. The smallest absolute Gasteiger partial charge is 0.248 e. The number of benzene rings is 1. The van der Waals surface area contributed by atoms with Gasteiger partial charge in [-0.1, -0.05) is 6.07 Å². The first-order valence-electron chi connectivity index (χ1n) is 10.4. The first-order valence-corrected chi connectivity index (χ1v) is 10.4. The van der Waals surface area contributed by atoms with E-state index in [-0.39, 0.29) is 12.1 Å². The molecule has 1 aromatic carbocycles. The van der Waals surface area contributed by atoms with Gasteiger partial charge in [-0.25, -0.2) is 8.78 Å². The molecule has 0 atom stereocenters. The number of amides is 1. The van der Waals surface area contributed by atoms with E-state index in [2.05, 4.69) is 15.4 Å². The van der Waals surface area contributed by atoms with E-state index >= 15 is 0 Å². The third-order valence-corrected chi connectivity index (χ3v) is 5.08. The molecule has 1 aliphatic carbocycles. The maximum atomic E-state index is 14.5. The molecule has 2 heterocycles. The van der Waals surface area contributed by atoms with Gasteiger partial charge >= 0.3 is 0 Å². The number of nitrogens with one attached hydrogen (secondary N) is 1. The molecular weight excluding hydrogens is 414 g/mol. The van der Waals surface area contributed by atoms with E-state index in [0.717, 1.165) is 19.0 Å². The predicted octanol–water partition coefficient (Wildman–Crippen LogP) is 4.52. The second kappa shape index (κ2) is 8.63. The minimum Gasteiger partial charge on any atom is -0.390 e. The van der Waals surface area contributed by atoms with Crippen molar-refractivity contribution < 1.29 is 18.7 Å². The molecule has 8 heteroatoms. The number of anilines is 1. The summed E-state index contributed by atoms with van der Waals surface area (Å²) >= 11 is 0. The summed E-state index contributed by atoms with van der Waals surface area (Å²) in [4.78, 5) is 16.2. The molecular formula is C24H24F2N4O2. The number of aromatic nitrogens is 3. The highest BCUT2D eigenvalue weighted by atomic mass is 19.1. The highest BCUT2D eigenvalue weighted by Crippen LogP contribution is 2.36. The van der Waals surface area contributed by atoms with Crippen LogP contribution in [0.15, 0.2) is 49.1 Å². The molecule has 2 N–H and O–H groups in total. The average molecular weight is 438 g/mol. The summed E-state index contributed by atoms with van der Waals surface area (Å²) in [6.07, 6.45) is 11.0. The Hall–Kier alpha value is -3.39. The van der Waals surface area contributed by atoms with Gasteiger partial charge in [0.1, 0.15) is 11.6 Å². The summed E-state index contributed by atoms with van der Waals surface area (Å²) in [6, 6.07) is 4.74. The van der Waals surface area contributed by atoms with Crippen LogP contribution in [0, 0.1) is 11.6 Å². The zero-order chi connectivity index (χ0) is 22.9. The third kappa shape index (κ3) is 5.26. The molecule has 1 fully saturated rings. The monoisotopic (exact) mass is 438 g/mol. The van der Waals surface area contributed by atoms with Gasteiger partial charge in [-0.05, 0) is 50.5 Å². The van der Waals surface area contributed by atoms with Gasteiger partial charge in [-0.3, -0.25) is 14.5 Å². The number of halogens is 2. The predicted molar refractivity (Wildman–Crippen MR) is 118 cm³/mol. The molecule has 0 saturated heterocycles. The minimum absolute atomic E-state index is 0.0162. The average Bonchev–Trinajstić information content (AvgIpc) is 3.45. The second-order valence-corrected chi connectivity index (χ2v) is 8.65. The number of nitrogens with zero attached hydrogens (tertiary/aromatic N) is 3. The summed E-state index contributed by atoms with van der Waals surface area (Å²) in [5.74, 6) is -1.69. The summed E-state index contributed by atoms with van der Waals surface area (Å²) in [5, 5.41) is 16.6. The number of rotatable bonds is 7. The fourth-order valence-corrected chi connectivity index (χ4v) is 3.50. The van der Waals surface area contributed by atoms with Crippen molar-refractivity contribution in [1.29, 1.82) is 0 Å². The van der Waals surface area contributed by atoms with Crippen LogP contribution < -0.4 is 5.32 Å². The molecule has 1 amide bonds. The van der Waals surface area contributed by atoms with Crippen molar-refractivity contribution in [2.24, 2.45) is 0 Å². The number of hydrogen-bond donors (Lipinski definition) is 2. The van der Waals surface area contributed by atoms with Crippen LogP contribution in [0.3, 0.4) is 0 Å². The van der Waals surface area contributed by atoms with Crippen molar-refractivity contribution in [1.82, 2.24) is 14.8 Å². The number of carbonyl (C=O) groups is 1. The van der Waals surface area contributed by atoms with Gasteiger partial charge < -0.3 is 10.4 Å². The summed E-state index contributed by atoms with van der Waals surface area (Å²) in [5.41, 5.74) is 0.985. The molecule has 1 aliphatic rings. The van der Waals surface area contributed by atoms with Crippen LogP contribution in [-0.4, -0.2) is 31.4 Å². The summed E-state index contributed by atoms with van der Waals surface area (Å²) in [7, 11) is 0. The Kier molecular flexibility index (Phi) is 5.88. The lowest BCUT2D eigenvalue weighted by Gasteiger charge is -2.17. The maximum Gasteiger partial charge on any atom is 0.248 e. The highest BCUT2D eigenvalue weighted by Gasteiger charge is 2.25. The molecule has 2 aromatic heterocycles. The van der Waals surface area contributed by atoms with E-state index in [1.807, 2.05) is 4.68 Å². The first-order chi connectivity index (χ1) is 15.2. The lowest BCUT2D eigenvalue weighted by molar-refractivity contribution is -0.111. The van der Waals surface area contributed by atoms with Crippen LogP contribution in [0.2, 0.25) is 0 Å². The van der Waals surface area contributed by atoms with E-state index in [4.69, 9.17) is 0 Å². The Morgan fingerprint density at radius 2 is 2.03 bits per heavy atom. The molecule has 0 unspecified atom stereocenters. The number of carbonyl (C=O) groups excluding carboxylic acids is 1. The molecule has 1 saturated carbocycles. The van der Waals surface area contributed by atoms with Crippen molar-refractivity contribution in [2.75, 3.05) is 5.32 Å². The molecule has 0 bridgehead atoms. The van der Waals surface area contributed by atoms with Crippen molar-refractivity contribution in [3.63, 3.8) is 0 Å².